The molecule has 1 fully saturated rings. The average Bonchev–Trinajstić information content (AvgIpc) is 3.29. The van der Waals surface area contributed by atoms with Crippen molar-refractivity contribution in [3.63, 3.8) is 0 Å². The highest BCUT2D eigenvalue weighted by Crippen LogP contribution is 2.46. The molecule has 172 valence electrons. The summed E-state index contributed by atoms with van der Waals surface area (Å²) >= 11 is 1.15. The van der Waals surface area contributed by atoms with Crippen molar-refractivity contribution in [3.05, 3.63) is 59.2 Å². The number of aliphatic hydroxyl groups excluding tert-OH is 1. The van der Waals surface area contributed by atoms with Crippen LogP contribution in [0.5, 0.6) is 5.75 Å². The van der Waals surface area contributed by atoms with E-state index < -0.39 is 29.0 Å². The molecule has 34 heavy (non-hydrogen) atoms. The summed E-state index contributed by atoms with van der Waals surface area (Å²) in [5.41, 5.74) is 1.09. The fraction of sp³-hybridized carbons (Fsp3) is 0.261. The predicted octanol–water partition coefficient (Wildman–Crippen LogP) is 2.80. The van der Waals surface area contributed by atoms with Crippen LogP contribution in [-0.4, -0.2) is 51.9 Å². The van der Waals surface area contributed by atoms with Crippen LogP contribution in [0.3, 0.4) is 0 Å². The Morgan fingerprint density at radius 3 is 2.74 bits per heavy atom. The van der Waals surface area contributed by atoms with Crippen molar-refractivity contribution in [2.45, 2.75) is 24.3 Å². The number of nitriles is 2. The van der Waals surface area contributed by atoms with E-state index in [0.717, 1.165) is 22.7 Å². The van der Waals surface area contributed by atoms with Gasteiger partial charge >= 0.3 is 6.03 Å². The van der Waals surface area contributed by atoms with E-state index >= 15 is 0 Å². The Kier molecular flexibility index (Phi) is 6.50. The number of ether oxygens (including phenoxy) is 1. The van der Waals surface area contributed by atoms with Crippen molar-refractivity contribution in [1.82, 2.24) is 9.88 Å². The van der Waals surface area contributed by atoms with Gasteiger partial charge in [-0.05, 0) is 29.8 Å². The SMILES string of the molecule is COc1cc(C2=CC3C(S2)C(=O)N(c2cncc(CO)c2)C(=O)N3CCC#N)c(C#N)cc1F. The molecule has 1 aromatic heterocycles. The molecule has 2 aromatic rings. The van der Waals surface area contributed by atoms with Crippen LogP contribution in [0.25, 0.3) is 4.91 Å². The zero-order valence-corrected chi connectivity index (χ0v) is 18.8. The fourth-order valence-corrected chi connectivity index (χ4v) is 5.27. The molecule has 0 bridgehead atoms. The second-order valence-corrected chi connectivity index (χ2v) is 8.65. The largest absolute Gasteiger partial charge is 0.494 e. The van der Waals surface area contributed by atoms with Gasteiger partial charge in [0.15, 0.2) is 11.6 Å². The summed E-state index contributed by atoms with van der Waals surface area (Å²) < 4.78 is 19.2. The molecule has 2 unspecified atom stereocenters. The number of urea groups is 1. The molecule has 4 rings (SSSR count). The summed E-state index contributed by atoms with van der Waals surface area (Å²) in [6.07, 6.45) is 4.52. The summed E-state index contributed by atoms with van der Waals surface area (Å²) in [6, 6.07) is 6.64. The maximum Gasteiger partial charge on any atom is 0.332 e. The summed E-state index contributed by atoms with van der Waals surface area (Å²) in [7, 11) is 1.31. The van der Waals surface area contributed by atoms with Crippen LogP contribution in [0.4, 0.5) is 14.9 Å². The number of halogens is 1. The van der Waals surface area contributed by atoms with Crippen LogP contribution in [-0.2, 0) is 11.4 Å². The van der Waals surface area contributed by atoms with Crippen LogP contribution < -0.4 is 9.64 Å². The molecule has 2 aliphatic rings. The van der Waals surface area contributed by atoms with Gasteiger partial charge in [-0.15, -0.1) is 11.8 Å². The van der Waals surface area contributed by atoms with Crippen LogP contribution in [0.15, 0.2) is 36.7 Å². The summed E-state index contributed by atoms with van der Waals surface area (Å²) in [4.78, 5) is 33.8. The van der Waals surface area contributed by atoms with Crippen LogP contribution in [0, 0.1) is 28.5 Å². The number of hydrogen-bond donors (Lipinski definition) is 1. The van der Waals surface area contributed by atoms with E-state index in [1.54, 1.807) is 6.08 Å². The van der Waals surface area contributed by atoms with Crippen LogP contribution >= 0.6 is 11.8 Å². The lowest BCUT2D eigenvalue weighted by atomic mass is 10.0. The van der Waals surface area contributed by atoms with Gasteiger partial charge in [0.25, 0.3) is 5.91 Å². The van der Waals surface area contributed by atoms with E-state index in [4.69, 9.17) is 10.00 Å². The number of carbonyl (C=O) groups is 2. The van der Waals surface area contributed by atoms with Gasteiger partial charge in [0, 0.05) is 23.2 Å². The Labute approximate surface area is 198 Å². The number of rotatable bonds is 6. The number of aliphatic hydroxyl groups is 1. The first-order chi connectivity index (χ1) is 16.4. The normalized spacial score (nSPS) is 19.4. The minimum atomic E-state index is -0.758. The number of pyridine rings is 1. The van der Waals surface area contributed by atoms with Crippen molar-refractivity contribution in [2.75, 3.05) is 18.6 Å². The van der Waals surface area contributed by atoms with Gasteiger partial charge in [0.05, 0.1) is 55.8 Å². The lowest BCUT2D eigenvalue weighted by Gasteiger charge is -2.40. The third-order valence-electron chi connectivity index (χ3n) is 5.51. The minimum Gasteiger partial charge on any atom is -0.494 e. The first-order valence-corrected chi connectivity index (χ1v) is 11.0. The first-order valence-electron chi connectivity index (χ1n) is 10.2. The monoisotopic (exact) mass is 479 g/mol. The second-order valence-electron chi connectivity index (χ2n) is 7.47. The number of thioether (sulfide) groups is 1. The smallest absolute Gasteiger partial charge is 0.332 e. The van der Waals surface area contributed by atoms with Gasteiger partial charge in [-0.25, -0.2) is 14.1 Å². The number of imide groups is 1. The Morgan fingerprint density at radius 1 is 1.26 bits per heavy atom. The summed E-state index contributed by atoms with van der Waals surface area (Å²) in [6.45, 7) is -0.235. The number of methoxy groups -OCH3 is 1. The molecule has 0 aliphatic carbocycles. The Balaban J connectivity index is 1.77. The molecule has 1 N–H and O–H groups in total. The van der Waals surface area contributed by atoms with Crippen molar-refractivity contribution in [1.29, 1.82) is 10.5 Å². The molecule has 9 nitrogen and oxygen atoms in total. The number of amides is 3. The average molecular weight is 479 g/mol. The molecule has 11 heteroatoms. The van der Waals surface area contributed by atoms with Crippen LogP contribution in [0.1, 0.15) is 23.1 Å². The Bertz CT molecular complexity index is 1290. The lowest BCUT2D eigenvalue weighted by Crippen LogP contribution is -2.62. The van der Waals surface area contributed by atoms with E-state index in [1.165, 1.54) is 36.5 Å². The first kappa shape index (κ1) is 23.2. The molecule has 2 atom stereocenters. The Hall–Kier alpha value is -3.93. The highest BCUT2D eigenvalue weighted by Gasteiger charge is 2.49. The molecule has 0 radical (unpaired) electrons. The zero-order chi connectivity index (χ0) is 24.4. The van der Waals surface area contributed by atoms with E-state index in [1.807, 2.05) is 12.1 Å². The van der Waals surface area contributed by atoms with Gasteiger partial charge in [0.1, 0.15) is 5.25 Å². The second kappa shape index (κ2) is 9.51. The standard InChI is InChI=1S/C23H18FN5O4S/c1-33-19-7-16(14(9-26)6-17(19)24)20-8-18-21(34-20)22(31)29(23(32)28(18)4-2-3-25)15-5-13(12-30)10-27-11-15/h5-8,10-11,18,21,30H,2,4,12H2,1H3. The maximum atomic E-state index is 14.1. The van der Waals surface area contributed by atoms with Gasteiger partial charge in [-0.1, -0.05) is 0 Å². The maximum absolute atomic E-state index is 14.1. The molecular formula is C23H18FN5O4S. The van der Waals surface area contributed by atoms with E-state index in [0.29, 0.717) is 16.0 Å². The van der Waals surface area contributed by atoms with E-state index in [2.05, 4.69) is 4.98 Å². The number of nitrogens with zero attached hydrogens (tertiary/aromatic N) is 5. The quantitative estimate of drug-likeness (QED) is 0.669. The highest BCUT2D eigenvalue weighted by atomic mass is 32.2. The molecule has 0 spiro atoms. The van der Waals surface area contributed by atoms with Gasteiger partial charge < -0.3 is 14.7 Å². The number of anilines is 1. The number of carbonyl (C=O) groups excluding carboxylic acids is 2. The van der Waals surface area contributed by atoms with Gasteiger partial charge in [-0.2, -0.15) is 10.5 Å². The van der Waals surface area contributed by atoms with Gasteiger partial charge in [-0.3, -0.25) is 9.78 Å². The molecular weight excluding hydrogens is 461 g/mol. The molecule has 1 aromatic carbocycles. The predicted molar refractivity (Wildman–Crippen MR) is 121 cm³/mol. The number of aromatic nitrogens is 1. The number of hydrogen-bond acceptors (Lipinski definition) is 8. The fourth-order valence-electron chi connectivity index (χ4n) is 3.91. The van der Waals surface area contributed by atoms with Crippen molar-refractivity contribution >= 4 is 34.3 Å². The van der Waals surface area contributed by atoms with E-state index in [9.17, 15) is 24.3 Å². The van der Waals surface area contributed by atoms with Crippen molar-refractivity contribution < 1.29 is 23.8 Å². The zero-order valence-electron chi connectivity index (χ0n) is 17.9. The third kappa shape index (κ3) is 3.96. The molecule has 2 aliphatic heterocycles. The van der Waals surface area contributed by atoms with Crippen molar-refractivity contribution in [3.8, 4) is 17.9 Å². The molecule has 3 heterocycles. The number of benzene rings is 1. The minimum absolute atomic E-state index is 0.0492. The summed E-state index contributed by atoms with van der Waals surface area (Å²) in [5.74, 6) is -1.24. The Morgan fingerprint density at radius 2 is 2.06 bits per heavy atom. The molecule has 3 amide bonds. The van der Waals surface area contributed by atoms with Gasteiger partial charge in [0.2, 0.25) is 0 Å². The van der Waals surface area contributed by atoms with E-state index in [-0.39, 0.29) is 36.6 Å². The van der Waals surface area contributed by atoms with Crippen molar-refractivity contribution in [2.24, 2.45) is 0 Å². The summed E-state index contributed by atoms with van der Waals surface area (Å²) in [5, 5.41) is 27.3. The molecule has 1 saturated heterocycles. The lowest BCUT2D eigenvalue weighted by molar-refractivity contribution is -0.119. The third-order valence-corrected chi connectivity index (χ3v) is 6.85. The van der Waals surface area contributed by atoms with Crippen LogP contribution in [0.2, 0.25) is 0 Å². The topological polar surface area (TPSA) is 131 Å². The number of fused-ring (bicyclic) bond motifs is 1. The molecule has 0 saturated carbocycles. The highest BCUT2D eigenvalue weighted by molar-refractivity contribution is 8.09.